The van der Waals surface area contributed by atoms with Gasteiger partial charge in [0.05, 0.1) is 6.10 Å². The molecular weight excluding hydrogens is 300 g/mol. The maximum atomic E-state index is 10.5. The number of aryl methyl sites for hydroxylation is 1. The molecule has 3 aliphatic rings. The Bertz CT molecular complexity index is 556. The van der Waals surface area contributed by atoms with Gasteiger partial charge in [0.25, 0.3) is 5.79 Å². The maximum Gasteiger partial charge on any atom is 0.251 e. The van der Waals surface area contributed by atoms with Gasteiger partial charge in [-0.2, -0.15) is 0 Å². The molecule has 1 unspecified atom stereocenters. The highest BCUT2D eigenvalue weighted by Gasteiger charge is 2.39. The van der Waals surface area contributed by atoms with Crippen molar-refractivity contribution in [3.63, 3.8) is 0 Å². The van der Waals surface area contributed by atoms with Gasteiger partial charge in [-0.3, -0.25) is 0 Å². The Morgan fingerprint density at radius 1 is 1.00 bits per heavy atom. The third kappa shape index (κ3) is 3.42. The van der Waals surface area contributed by atoms with E-state index in [0.717, 1.165) is 37.2 Å². The lowest BCUT2D eigenvalue weighted by molar-refractivity contribution is -0.145. The molecule has 0 aromatic heterocycles. The zero-order valence-corrected chi connectivity index (χ0v) is 14.6. The van der Waals surface area contributed by atoms with Crippen molar-refractivity contribution in [1.82, 2.24) is 0 Å². The van der Waals surface area contributed by atoms with E-state index in [1.54, 1.807) is 0 Å². The van der Waals surface area contributed by atoms with Gasteiger partial charge in [0.1, 0.15) is 11.5 Å². The summed E-state index contributed by atoms with van der Waals surface area (Å²) in [5.74, 6) is 2.00. The average Bonchev–Trinajstić information content (AvgIpc) is 2.62. The molecule has 3 heteroatoms. The summed E-state index contributed by atoms with van der Waals surface area (Å²) in [5, 5.41) is 10.5. The van der Waals surface area contributed by atoms with Crippen LogP contribution in [0.5, 0.6) is 11.5 Å². The summed E-state index contributed by atoms with van der Waals surface area (Å²) in [5.41, 5.74) is 1.22. The third-order valence-corrected chi connectivity index (χ3v) is 6.16. The molecule has 1 spiro atoms. The van der Waals surface area contributed by atoms with Gasteiger partial charge in [0.2, 0.25) is 0 Å². The van der Waals surface area contributed by atoms with Crippen LogP contribution in [0.15, 0.2) is 18.2 Å². The van der Waals surface area contributed by atoms with Gasteiger partial charge >= 0.3 is 0 Å². The molecule has 132 valence electrons. The van der Waals surface area contributed by atoms with Crippen molar-refractivity contribution in [1.29, 1.82) is 0 Å². The SMILES string of the molecule is OC(CCc1ccc2cc1OC1(CCCCC1)O2)C1CCCCC1. The lowest BCUT2D eigenvalue weighted by Gasteiger charge is -2.41. The Hall–Kier alpha value is -1.22. The van der Waals surface area contributed by atoms with E-state index in [4.69, 9.17) is 9.47 Å². The average molecular weight is 330 g/mol. The fourth-order valence-electron chi connectivity index (χ4n) is 4.69. The van der Waals surface area contributed by atoms with Crippen LogP contribution in [0.25, 0.3) is 0 Å². The monoisotopic (exact) mass is 330 g/mol. The van der Waals surface area contributed by atoms with E-state index in [1.165, 1.54) is 56.9 Å². The van der Waals surface area contributed by atoms with E-state index >= 15 is 0 Å². The summed E-state index contributed by atoms with van der Waals surface area (Å²) in [4.78, 5) is 0. The Balaban J connectivity index is 1.41. The second-order valence-electron chi connectivity index (χ2n) is 7.95. The molecule has 2 fully saturated rings. The predicted octanol–water partition coefficient (Wildman–Crippen LogP) is 4.99. The minimum absolute atomic E-state index is 0.166. The van der Waals surface area contributed by atoms with E-state index in [2.05, 4.69) is 12.1 Å². The van der Waals surface area contributed by atoms with Gasteiger partial charge in [0, 0.05) is 18.9 Å². The summed E-state index contributed by atoms with van der Waals surface area (Å²) in [6.45, 7) is 0. The molecule has 1 heterocycles. The van der Waals surface area contributed by atoms with Gasteiger partial charge in [0.15, 0.2) is 0 Å². The van der Waals surface area contributed by atoms with Crippen LogP contribution in [0.4, 0.5) is 0 Å². The molecule has 2 saturated carbocycles. The largest absolute Gasteiger partial charge is 0.452 e. The number of ether oxygens (including phenoxy) is 2. The Morgan fingerprint density at radius 3 is 2.54 bits per heavy atom. The normalized spacial score (nSPS) is 24.2. The molecule has 0 radical (unpaired) electrons. The number of hydrogen-bond acceptors (Lipinski definition) is 3. The van der Waals surface area contributed by atoms with Crippen molar-refractivity contribution in [2.45, 2.75) is 88.9 Å². The van der Waals surface area contributed by atoms with E-state index in [1.807, 2.05) is 6.07 Å². The summed E-state index contributed by atoms with van der Waals surface area (Å²) < 4.78 is 12.4. The first-order valence-electron chi connectivity index (χ1n) is 9.93. The van der Waals surface area contributed by atoms with E-state index in [9.17, 15) is 5.11 Å². The number of fused-ring (bicyclic) bond motifs is 2. The fraction of sp³-hybridized carbons (Fsp3) is 0.714. The van der Waals surface area contributed by atoms with Crippen LogP contribution < -0.4 is 9.47 Å². The molecule has 24 heavy (non-hydrogen) atoms. The van der Waals surface area contributed by atoms with Crippen LogP contribution in [0.1, 0.15) is 76.2 Å². The molecule has 1 aromatic carbocycles. The van der Waals surface area contributed by atoms with Crippen molar-refractivity contribution in [3.8, 4) is 11.5 Å². The van der Waals surface area contributed by atoms with Gasteiger partial charge in [-0.05, 0) is 56.1 Å². The lowest BCUT2D eigenvalue weighted by Crippen LogP contribution is -2.46. The van der Waals surface area contributed by atoms with Crippen molar-refractivity contribution in [3.05, 3.63) is 23.8 Å². The smallest absolute Gasteiger partial charge is 0.251 e. The van der Waals surface area contributed by atoms with Crippen LogP contribution in [0.2, 0.25) is 0 Å². The molecular formula is C21H30O3. The van der Waals surface area contributed by atoms with E-state index in [0.29, 0.717) is 5.92 Å². The van der Waals surface area contributed by atoms with Crippen molar-refractivity contribution < 1.29 is 14.6 Å². The Kier molecular flexibility index (Phi) is 4.71. The molecule has 1 atom stereocenters. The molecule has 0 amide bonds. The maximum absolute atomic E-state index is 10.5. The minimum atomic E-state index is -0.421. The van der Waals surface area contributed by atoms with Crippen LogP contribution in [-0.2, 0) is 6.42 Å². The molecule has 4 rings (SSSR count). The van der Waals surface area contributed by atoms with Crippen molar-refractivity contribution >= 4 is 0 Å². The van der Waals surface area contributed by atoms with Crippen LogP contribution in [0, 0.1) is 5.92 Å². The topological polar surface area (TPSA) is 38.7 Å². The summed E-state index contributed by atoms with van der Waals surface area (Å²) in [7, 11) is 0. The molecule has 1 aliphatic heterocycles. The molecule has 1 N–H and O–H groups in total. The lowest BCUT2D eigenvalue weighted by atomic mass is 9.83. The molecule has 3 nitrogen and oxygen atoms in total. The third-order valence-electron chi connectivity index (χ3n) is 6.16. The predicted molar refractivity (Wildman–Crippen MR) is 94.4 cm³/mol. The number of hydrogen-bond donors (Lipinski definition) is 1. The number of aliphatic hydroxyl groups excluding tert-OH is 1. The Labute approximate surface area is 145 Å². The summed E-state index contributed by atoms with van der Waals surface area (Å²) >= 11 is 0. The second-order valence-corrected chi connectivity index (χ2v) is 7.95. The molecule has 2 bridgehead atoms. The van der Waals surface area contributed by atoms with Gasteiger partial charge in [-0.15, -0.1) is 0 Å². The quantitative estimate of drug-likeness (QED) is 0.845. The zero-order chi connectivity index (χ0) is 16.4. The summed E-state index contributed by atoms with van der Waals surface area (Å²) in [6.07, 6.45) is 13.5. The standard InChI is InChI=1S/C21H30O3/c22-19(16-7-3-1-4-8-16)12-10-17-9-11-18-15-20(17)24-21(23-18)13-5-2-6-14-21/h9,11,15-16,19,22H,1-8,10,12-14H2. The van der Waals surface area contributed by atoms with Gasteiger partial charge in [-0.25, -0.2) is 0 Å². The van der Waals surface area contributed by atoms with Gasteiger partial charge in [-0.1, -0.05) is 31.7 Å². The first-order valence-corrected chi connectivity index (χ1v) is 9.93. The van der Waals surface area contributed by atoms with Crippen molar-refractivity contribution in [2.75, 3.05) is 0 Å². The van der Waals surface area contributed by atoms with E-state index < -0.39 is 5.79 Å². The second kappa shape index (κ2) is 6.95. The molecule has 2 aliphatic carbocycles. The van der Waals surface area contributed by atoms with Crippen LogP contribution >= 0.6 is 0 Å². The molecule has 0 saturated heterocycles. The summed E-state index contributed by atoms with van der Waals surface area (Å²) in [6, 6.07) is 6.22. The number of rotatable bonds is 4. The first-order chi connectivity index (χ1) is 11.7. The fourth-order valence-corrected chi connectivity index (χ4v) is 4.69. The van der Waals surface area contributed by atoms with Crippen molar-refractivity contribution in [2.24, 2.45) is 5.92 Å². The first kappa shape index (κ1) is 16.3. The van der Waals surface area contributed by atoms with Gasteiger partial charge < -0.3 is 14.6 Å². The number of aliphatic hydroxyl groups is 1. The minimum Gasteiger partial charge on any atom is -0.452 e. The Morgan fingerprint density at radius 2 is 1.75 bits per heavy atom. The zero-order valence-electron chi connectivity index (χ0n) is 14.6. The molecule has 1 aromatic rings. The highest BCUT2D eigenvalue weighted by atomic mass is 16.7. The van der Waals surface area contributed by atoms with Crippen LogP contribution in [-0.4, -0.2) is 17.0 Å². The van der Waals surface area contributed by atoms with Crippen LogP contribution in [0.3, 0.4) is 0 Å². The highest BCUT2D eigenvalue weighted by Crippen LogP contribution is 2.42. The number of benzene rings is 1. The highest BCUT2D eigenvalue weighted by molar-refractivity contribution is 5.43. The van der Waals surface area contributed by atoms with E-state index in [-0.39, 0.29) is 6.10 Å².